The number of rotatable bonds is 4. The van der Waals surface area contributed by atoms with E-state index < -0.39 is 0 Å². The normalized spacial score (nSPS) is 10.5. The summed E-state index contributed by atoms with van der Waals surface area (Å²) < 4.78 is 13.0. The number of halogens is 1. The van der Waals surface area contributed by atoms with Crippen molar-refractivity contribution in [3.63, 3.8) is 0 Å². The molecular weight excluding hydrogens is 289 g/mol. The van der Waals surface area contributed by atoms with Gasteiger partial charge < -0.3 is 5.32 Å². The largest absolute Gasteiger partial charge is 0.341 e. The van der Waals surface area contributed by atoms with Crippen LogP contribution in [0.5, 0.6) is 0 Å². The summed E-state index contributed by atoms with van der Waals surface area (Å²) in [5, 5.41) is 3.02. The lowest BCUT2D eigenvalue weighted by Gasteiger charge is -2.20. The molecule has 0 fully saturated rings. The van der Waals surface area contributed by atoms with Crippen LogP contribution in [0, 0.1) is 5.82 Å². The number of nitrogens with one attached hydrogen (secondary N) is 1. The van der Waals surface area contributed by atoms with Crippen molar-refractivity contribution in [1.29, 1.82) is 0 Å². The Labute approximate surface area is 134 Å². The number of carbonyl (C=O) groups excluding carboxylic acids is 1. The summed E-state index contributed by atoms with van der Waals surface area (Å²) >= 11 is 0. The zero-order valence-electron chi connectivity index (χ0n) is 12.4. The molecule has 3 heteroatoms. The SMILES string of the molecule is O=C(NC(c1ccccc1)c1ccccc1)c1ccc(F)cc1. The van der Waals surface area contributed by atoms with Gasteiger partial charge in [0, 0.05) is 5.56 Å². The van der Waals surface area contributed by atoms with Crippen LogP contribution in [-0.2, 0) is 0 Å². The van der Waals surface area contributed by atoms with Gasteiger partial charge in [-0.15, -0.1) is 0 Å². The summed E-state index contributed by atoms with van der Waals surface area (Å²) in [6.07, 6.45) is 0. The second-order valence-corrected chi connectivity index (χ2v) is 5.23. The fourth-order valence-electron chi connectivity index (χ4n) is 2.47. The smallest absolute Gasteiger partial charge is 0.252 e. The minimum Gasteiger partial charge on any atom is -0.341 e. The molecule has 0 aromatic heterocycles. The van der Waals surface area contributed by atoms with E-state index in [1.807, 2.05) is 60.7 Å². The summed E-state index contributed by atoms with van der Waals surface area (Å²) in [4.78, 5) is 12.5. The Morgan fingerprint density at radius 2 is 1.22 bits per heavy atom. The monoisotopic (exact) mass is 305 g/mol. The molecule has 3 aromatic carbocycles. The van der Waals surface area contributed by atoms with Crippen molar-refractivity contribution < 1.29 is 9.18 Å². The van der Waals surface area contributed by atoms with Crippen molar-refractivity contribution in [2.24, 2.45) is 0 Å². The molecule has 0 atom stereocenters. The first-order valence-electron chi connectivity index (χ1n) is 7.40. The van der Waals surface area contributed by atoms with E-state index >= 15 is 0 Å². The van der Waals surface area contributed by atoms with Crippen LogP contribution in [0.4, 0.5) is 4.39 Å². The zero-order valence-corrected chi connectivity index (χ0v) is 12.4. The molecule has 2 nitrogen and oxygen atoms in total. The number of benzene rings is 3. The highest BCUT2D eigenvalue weighted by atomic mass is 19.1. The molecule has 1 amide bonds. The lowest BCUT2D eigenvalue weighted by Crippen LogP contribution is -2.29. The van der Waals surface area contributed by atoms with Crippen molar-refractivity contribution in [1.82, 2.24) is 5.32 Å². The van der Waals surface area contributed by atoms with Gasteiger partial charge in [-0.05, 0) is 35.4 Å². The molecule has 0 spiro atoms. The standard InChI is InChI=1S/C20H16FNO/c21-18-13-11-17(12-14-18)20(23)22-19(15-7-3-1-4-8-15)16-9-5-2-6-10-16/h1-14,19H,(H,22,23). The maximum Gasteiger partial charge on any atom is 0.252 e. The van der Waals surface area contributed by atoms with Gasteiger partial charge >= 0.3 is 0 Å². The third kappa shape index (κ3) is 3.64. The first kappa shape index (κ1) is 15.0. The lowest BCUT2D eigenvalue weighted by atomic mass is 9.98. The Kier molecular flexibility index (Phi) is 4.48. The van der Waals surface area contributed by atoms with Crippen LogP contribution in [0.15, 0.2) is 84.9 Å². The van der Waals surface area contributed by atoms with Crippen molar-refractivity contribution in [2.75, 3.05) is 0 Å². The average molecular weight is 305 g/mol. The molecule has 0 radical (unpaired) electrons. The third-order valence-electron chi connectivity index (χ3n) is 3.65. The molecule has 23 heavy (non-hydrogen) atoms. The first-order chi connectivity index (χ1) is 11.2. The lowest BCUT2D eigenvalue weighted by molar-refractivity contribution is 0.0943. The molecule has 0 unspecified atom stereocenters. The summed E-state index contributed by atoms with van der Waals surface area (Å²) in [5.41, 5.74) is 2.42. The fraction of sp³-hybridized carbons (Fsp3) is 0.0500. The van der Waals surface area contributed by atoms with Gasteiger partial charge in [0.1, 0.15) is 5.82 Å². The predicted octanol–water partition coefficient (Wildman–Crippen LogP) is 4.35. The van der Waals surface area contributed by atoms with Crippen molar-refractivity contribution >= 4 is 5.91 Å². The summed E-state index contributed by atoms with van der Waals surface area (Å²) in [6.45, 7) is 0. The molecule has 3 aromatic rings. The Balaban J connectivity index is 1.90. The van der Waals surface area contributed by atoms with Gasteiger partial charge in [-0.2, -0.15) is 0 Å². The number of hydrogen-bond donors (Lipinski definition) is 1. The van der Waals surface area contributed by atoms with E-state index in [9.17, 15) is 9.18 Å². The quantitative estimate of drug-likeness (QED) is 0.763. The number of hydrogen-bond acceptors (Lipinski definition) is 1. The predicted molar refractivity (Wildman–Crippen MR) is 88.6 cm³/mol. The number of carbonyl (C=O) groups is 1. The summed E-state index contributed by atoms with van der Waals surface area (Å²) in [7, 11) is 0. The zero-order chi connectivity index (χ0) is 16.1. The molecule has 3 rings (SSSR count). The van der Waals surface area contributed by atoms with Gasteiger partial charge in [0.15, 0.2) is 0 Å². The topological polar surface area (TPSA) is 29.1 Å². The molecule has 0 saturated heterocycles. The Bertz CT molecular complexity index is 730. The maximum absolute atomic E-state index is 13.0. The second kappa shape index (κ2) is 6.88. The summed E-state index contributed by atoms with van der Waals surface area (Å²) in [6, 6.07) is 24.8. The molecule has 1 N–H and O–H groups in total. The van der Waals surface area contributed by atoms with Crippen molar-refractivity contribution in [2.45, 2.75) is 6.04 Å². The average Bonchev–Trinajstić information content (AvgIpc) is 2.61. The molecule has 0 saturated carbocycles. The van der Waals surface area contributed by atoms with E-state index in [-0.39, 0.29) is 17.8 Å². The van der Waals surface area contributed by atoms with Crippen molar-refractivity contribution in [3.05, 3.63) is 107 Å². The van der Waals surface area contributed by atoms with E-state index in [1.54, 1.807) is 0 Å². The van der Waals surface area contributed by atoms with Gasteiger partial charge in [-0.1, -0.05) is 60.7 Å². The number of amides is 1. The van der Waals surface area contributed by atoms with Crippen LogP contribution >= 0.6 is 0 Å². The third-order valence-corrected chi connectivity index (χ3v) is 3.65. The highest BCUT2D eigenvalue weighted by Crippen LogP contribution is 2.22. The molecule has 0 aliphatic heterocycles. The molecule has 0 bridgehead atoms. The minimum atomic E-state index is -0.357. The van der Waals surface area contributed by atoms with E-state index in [0.717, 1.165) is 11.1 Å². The van der Waals surface area contributed by atoms with Crippen LogP contribution in [0.1, 0.15) is 27.5 Å². The van der Waals surface area contributed by atoms with Gasteiger partial charge in [-0.25, -0.2) is 4.39 Å². The molecule has 0 aliphatic rings. The van der Waals surface area contributed by atoms with Crippen LogP contribution in [-0.4, -0.2) is 5.91 Å². The van der Waals surface area contributed by atoms with E-state index in [2.05, 4.69) is 5.32 Å². The minimum absolute atomic E-state index is 0.234. The van der Waals surface area contributed by atoms with Crippen LogP contribution in [0.2, 0.25) is 0 Å². The Morgan fingerprint density at radius 3 is 1.70 bits per heavy atom. The second-order valence-electron chi connectivity index (χ2n) is 5.23. The van der Waals surface area contributed by atoms with Crippen molar-refractivity contribution in [3.8, 4) is 0 Å². The van der Waals surface area contributed by atoms with Crippen LogP contribution < -0.4 is 5.32 Å². The van der Waals surface area contributed by atoms with Gasteiger partial charge in [0.2, 0.25) is 0 Å². The maximum atomic E-state index is 13.0. The highest BCUT2D eigenvalue weighted by Gasteiger charge is 2.17. The Morgan fingerprint density at radius 1 is 0.739 bits per heavy atom. The van der Waals surface area contributed by atoms with E-state index in [4.69, 9.17) is 0 Å². The van der Waals surface area contributed by atoms with Gasteiger partial charge in [-0.3, -0.25) is 4.79 Å². The van der Waals surface area contributed by atoms with E-state index in [1.165, 1.54) is 24.3 Å². The van der Waals surface area contributed by atoms with Gasteiger partial charge in [0.25, 0.3) is 5.91 Å². The molecule has 114 valence electrons. The fourth-order valence-corrected chi connectivity index (χ4v) is 2.47. The van der Waals surface area contributed by atoms with E-state index in [0.29, 0.717) is 5.56 Å². The molecule has 0 aliphatic carbocycles. The molecule has 0 heterocycles. The van der Waals surface area contributed by atoms with Gasteiger partial charge in [0.05, 0.1) is 6.04 Å². The highest BCUT2D eigenvalue weighted by molar-refractivity contribution is 5.94. The van der Waals surface area contributed by atoms with Crippen LogP contribution in [0.3, 0.4) is 0 Å². The van der Waals surface area contributed by atoms with Crippen LogP contribution in [0.25, 0.3) is 0 Å². The summed E-state index contributed by atoms with van der Waals surface area (Å²) in [5.74, 6) is -0.591. The molecular formula is C20H16FNO. The Hall–Kier alpha value is -2.94. The first-order valence-corrected chi connectivity index (χ1v) is 7.40.